The Labute approximate surface area is 160 Å². The summed E-state index contributed by atoms with van der Waals surface area (Å²) in [4.78, 5) is 31.3. The number of benzene rings is 2. The average Bonchev–Trinajstić information content (AvgIpc) is 2.98. The molecule has 0 spiro atoms. The molecule has 2 aliphatic rings. The van der Waals surface area contributed by atoms with Crippen LogP contribution in [-0.2, 0) is 22.7 Å². The largest absolute Gasteiger partial charge is 0.297 e. The number of piperazine rings is 1. The number of likely N-dealkylation sites (tertiary alicyclic amines) is 1. The molecule has 0 aromatic heterocycles. The molecule has 0 unspecified atom stereocenters. The van der Waals surface area contributed by atoms with Crippen LogP contribution in [0, 0.1) is 0 Å². The van der Waals surface area contributed by atoms with Crippen LogP contribution < -0.4 is 0 Å². The Bertz CT molecular complexity index is 786. The number of carbonyl (C=O) groups is 2. The zero-order valence-corrected chi connectivity index (χ0v) is 15.5. The van der Waals surface area contributed by atoms with Crippen molar-refractivity contribution in [3.8, 4) is 0 Å². The topological polar surface area (TPSA) is 43.9 Å². The second-order valence-corrected chi connectivity index (χ2v) is 7.32. The zero-order chi connectivity index (χ0) is 18.6. The average molecular weight is 363 g/mol. The number of rotatable bonds is 5. The Balaban J connectivity index is 1.33. The van der Waals surface area contributed by atoms with Gasteiger partial charge >= 0.3 is 0 Å². The molecular formula is C22H25N3O2. The van der Waals surface area contributed by atoms with E-state index in [2.05, 4.69) is 34.1 Å². The number of amides is 2. The molecule has 1 atom stereocenters. The van der Waals surface area contributed by atoms with E-state index >= 15 is 0 Å². The number of carbonyl (C=O) groups excluding carboxylic acids is 2. The van der Waals surface area contributed by atoms with Gasteiger partial charge in [0.05, 0.1) is 19.0 Å². The normalized spacial score (nSPS) is 21.8. The maximum Gasteiger partial charge on any atom is 0.247 e. The number of imide groups is 1. The lowest BCUT2D eigenvalue weighted by atomic mass is 10.1. The number of hydrogen-bond donors (Lipinski definition) is 0. The summed E-state index contributed by atoms with van der Waals surface area (Å²) in [5, 5.41) is 0. The van der Waals surface area contributed by atoms with Gasteiger partial charge in [-0.3, -0.25) is 24.3 Å². The van der Waals surface area contributed by atoms with Crippen molar-refractivity contribution in [3.63, 3.8) is 0 Å². The summed E-state index contributed by atoms with van der Waals surface area (Å²) in [5.41, 5.74) is 2.31. The molecule has 2 aromatic carbocycles. The van der Waals surface area contributed by atoms with Crippen molar-refractivity contribution in [1.82, 2.24) is 14.7 Å². The van der Waals surface area contributed by atoms with Crippen molar-refractivity contribution in [2.24, 2.45) is 0 Å². The van der Waals surface area contributed by atoms with E-state index in [4.69, 9.17) is 0 Å². The fourth-order valence-corrected chi connectivity index (χ4v) is 3.96. The lowest BCUT2D eigenvalue weighted by Crippen LogP contribution is -2.52. The molecule has 2 heterocycles. The van der Waals surface area contributed by atoms with Crippen LogP contribution >= 0.6 is 0 Å². The Hall–Kier alpha value is -2.50. The molecule has 0 radical (unpaired) electrons. The van der Waals surface area contributed by atoms with Gasteiger partial charge in [0, 0.05) is 32.7 Å². The molecule has 5 nitrogen and oxygen atoms in total. The van der Waals surface area contributed by atoms with Gasteiger partial charge in [-0.05, 0) is 11.1 Å². The van der Waals surface area contributed by atoms with Crippen LogP contribution in [-0.4, -0.2) is 58.7 Å². The predicted molar refractivity (Wildman–Crippen MR) is 104 cm³/mol. The zero-order valence-electron chi connectivity index (χ0n) is 15.5. The molecule has 5 heteroatoms. The highest BCUT2D eigenvalue weighted by molar-refractivity contribution is 6.05. The van der Waals surface area contributed by atoms with Gasteiger partial charge in [0.25, 0.3) is 0 Å². The Morgan fingerprint density at radius 1 is 0.741 bits per heavy atom. The lowest BCUT2D eigenvalue weighted by molar-refractivity contribution is -0.140. The fraction of sp³-hybridized carbons (Fsp3) is 0.364. The Kier molecular flexibility index (Phi) is 5.32. The molecule has 2 aliphatic heterocycles. The summed E-state index contributed by atoms with van der Waals surface area (Å²) in [6.45, 7) is 4.82. The van der Waals surface area contributed by atoms with Gasteiger partial charge in [-0.15, -0.1) is 0 Å². The summed E-state index contributed by atoms with van der Waals surface area (Å²) < 4.78 is 0. The predicted octanol–water partition coefficient (Wildman–Crippen LogP) is 2.13. The van der Waals surface area contributed by atoms with Gasteiger partial charge in [0.1, 0.15) is 0 Å². The van der Waals surface area contributed by atoms with E-state index < -0.39 is 0 Å². The first-order valence-electron chi connectivity index (χ1n) is 9.59. The van der Waals surface area contributed by atoms with Crippen molar-refractivity contribution in [3.05, 3.63) is 71.8 Å². The van der Waals surface area contributed by atoms with Crippen molar-refractivity contribution >= 4 is 11.8 Å². The maximum atomic E-state index is 12.8. The molecule has 2 amide bonds. The van der Waals surface area contributed by atoms with E-state index in [0.717, 1.165) is 38.3 Å². The minimum absolute atomic E-state index is 0.0413. The molecule has 2 saturated heterocycles. The van der Waals surface area contributed by atoms with Crippen molar-refractivity contribution in [1.29, 1.82) is 0 Å². The smallest absolute Gasteiger partial charge is 0.247 e. The van der Waals surface area contributed by atoms with E-state index in [1.807, 2.05) is 36.4 Å². The third-order valence-electron chi connectivity index (χ3n) is 5.50. The quantitative estimate of drug-likeness (QED) is 0.764. The highest BCUT2D eigenvalue weighted by Gasteiger charge is 2.42. The van der Waals surface area contributed by atoms with Gasteiger partial charge in [0.2, 0.25) is 11.8 Å². The van der Waals surface area contributed by atoms with E-state index in [1.165, 1.54) is 10.5 Å². The summed E-state index contributed by atoms with van der Waals surface area (Å²) in [7, 11) is 0. The van der Waals surface area contributed by atoms with E-state index in [0.29, 0.717) is 13.0 Å². The molecule has 140 valence electrons. The molecule has 0 aliphatic carbocycles. The lowest BCUT2D eigenvalue weighted by Gasteiger charge is -2.37. The summed E-state index contributed by atoms with van der Waals surface area (Å²) in [6.07, 6.45) is 0.310. The van der Waals surface area contributed by atoms with Crippen LogP contribution in [0.5, 0.6) is 0 Å². The molecule has 27 heavy (non-hydrogen) atoms. The summed E-state index contributed by atoms with van der Waals surface area (Å²) in [6, 6.07) is 19.9. The van der Waals surface area contributed by atoms with Crippen molar-refractivity contribution in [2.75, 3.05) is 26.2 Å². The van der Waals surface area contributed by atoms with E-state index in [-0.39, 0.29) is 17.9 Å². The van der Waals surface area contributed by atoms with Crippen LogP contribution in [0.3, 0.4) is 0 Å². The summed E-state index contributed by atoms with van der Waals surface area (Å²) >= 11 is 0. The second-order valence-electron chi connectivity index (χ2n) is 7.32. The van der Waals surface area contributed by atoms with E-state index in [9.17, 15) is 9.59 Å². The van der Waals surface area contributed by atoms with Gasteiger partial charge in [-0.25, -0.2) is 0 Å². The van der Waals surface area contributed by atoms with Crippen LogP contribution in [0.1, 0.15) is 17.5 Å². The van der Waals surface area contributed by atoms with Crippen LogP contribution in [0.4, 0.5) is 0 Å². The fourth-order valence-electron chi connectivity index (χ4n) is 3.96. The minimum Gasteiger partial charge on any atom is -0.297 e. The molecule has 0 saturated carbocycles. The first-order valence-corrected chi connectivity index (χ1v) is 9.59. The van der Waals surface area contributed by atoms with Crippen LogP contribution in [0.2, 0.25) is 0 Å². The molecule has 2 fully saturated rings. The third kappa shape index (κ3) is 4.10. The van der Waals surface area contributed by atoms with Crippen molar-refractivity contribution in [2.45, 2.75) is 25.6 Å². The van der Waals surface area contributed by atoms with Crippen LogP contribution in [0.15, 0.2) is 60.7 Å². The molecule has 0 bridgehead atoms. The highest BCUT2D eigenvalue weighted by Crippen LogP contribution is 2.22. The molecular weight excluding hydrogens is 338 g/mol. The standard InChI is InChI=1S/C22H25N3O2/c26-21-15-20(22(27)25(21)17-19-9-5-2-6-10-19)24-13-11-23(12-14-24)16-18-7-3-1-4-8-18/h1-10,20H,11-17H2/t20-/m0/s1. The molecule has 2 aromatic rings. The molecule has 4 rings (SSSR count). The first kappa shape index (κ1) is 17.9. The minimum atomic E-state index is -0.292. The summed E-state index contributed by atoms with van der Waals surface area (Å²) in [5.74, 6) is -0.0964. The second kappa shape index (κ2) is 8.03. The SMILES string of the molecule is O=C1C[C@H](N2CCN(Cc3ccccc3)CC2)C(=O)N1Cc1ccccc1. The Morgan fingerprint density at radius 2 is 1.30 bits per heavy atom. The van der Waals surface area contributed by atoms with Crippen LogP contribution in [0.25, 0.3) is 0 Å². The monoisotopic (exact) mass is 363 g/mol. The highest BCUT2D eigenvalue weighted by atomic mass is 16.2. The number of hydrogen-bond acceptors (Lipinski definition) is 4. The number of nitrogens with zero attached hydrogens (tertiary/aromatic N) is 3. The Morgan fingerprint density at radius 3 is 1.89 bits per heavy atom. The van der Waals surface area contributed by atoms with Gasteiger partial charge < -0.3 is 0 Å². The molecule has 0 N–H and O–H groups in total. The van der Waals surface area contributed by atoms with E-state index in [1.54, 1.807) is 0 Å². The van der Waals surface area contributed by atoms with Crippen molar-refractivity contribution < 1.29 is 9.59 Å². The van der Waals surface area contributed by atoms with Gasteiger partial charge in [-0.1, -0.05) is 60.7 Å². The third-order valence-corrected chi connectivity index (χ3v) is 5.50. The van der Waals surface area contributed by atoms with Gasteiger partial charge in [0.15, 0.2) is 0 Å². The first-order chi connectivity index (χ1) is 13.2. The maximum absolute atomic E-state index is 12.8. The van der Waals surface area contributed by atoms with Gasteiger partial charge in [-0.2, -0.15) is 0 Å².